The lowest BCUT2D eigenvalue weighted by Gasteiger charge is -2.24. The monoisotopic (exact) mass is 333 g/mol. The fourth-order valence-corrected chi connectivity index (χ4v) is 2.84. The lowest BCUT2D eigenvalue weighted by atomic mass is 9.88. The van der Waals surface area contributed by atoms with Crippen molar-refractivity contribution in [2.45, 2.75) is 39.7 Å². The van der Waals surface area contributed by atoms with Crippen LogP contribution in [-0.2, 0) is 7.05 Å². The van der Waals surface area contributed by atoms with Gasteiger partial charge in [-0.1, -0.05) is 39.0 Å². The molecule has 2 N–H and O–H groups in total. The van der Waals surface area contributed by atoms with Gasteiger partial charge in [0.1, 0.15) is 5.56 Å². The molecule has 0 saturated carbocycles. The topological polar surface area (TPSA) is 67.2 Å². The number of halogens is 1. The molecule has 0 aliphatic rings. The van der Waals surface area contributed by atoms with Crippen LogP contribution in [0, 0.1) is 18.8 Å². The van der Waals surface area contributed by atoms with Crippen LogP contribution in [0.15, 0.2) is 24.3 Å². The molecule has 2 aromatic rings. The number of hydrogen-bond acceptors (Lipinski definition) is 3. The van der Waals surface area contributed by atoms with E-state index in [1.54, 1.807) is 19.1 Å². The number of benzene rings is 1. The number of carbonyl (C=O) groups excluding carboxylic acids is 1. The number of aromatic nitrogens is 2. The van der Waals surface area contributed by atoms with E-state index in [2.05, 4.69) is 10.4 Å². The largest absolute Gasteiger partial charge is 0.392 e. The third kappa shape index (κ3) is 3.48. The van der Waals surface area contributed by atoms with Crippen molar-refractivity contribution in [3.8, 4) is 0 Å². The molecule has 0 saturated heterocycles. The van der Waals surface area contributed by atoms with Crippen LogP contribution in [-0.4, -0.2) is 26.9 Å². The first-order valence-corrected chi connectivity index (χ1v) is 8.01. The second kappa shape index (κ2) is 7.13. The molecule has 0 bridgehead atoms. The third-order valence-electron chi connectivity index (χ3n) is 4.27. The van der Waals surface area contributed by atoms with Gasteiger partial charge in [-0.15, -0.1) is 0 Å². The zero-order chi connectivity index (χ0) is 18.0. The van der Waals surface area contributed by atoms with Crippen molar-refractivity contribution in [2.75, 3.05) is 5.32 Å². The van der Waals surface area contributed by atoms with Gasteiger partial charge in [0.15, 0.2) is 0 Å². The number of para-hydroxylation sites is 1. The summed E-state index contributed by atoms with van der Waals surface area (Å²) < 4.78 is 15.1. The number of aliphatic hydroxyl groups is 1. The molecule has 0 aliphatic carbocycles. The number of aryl methyl sites for hydroxylation is 2. The standard InChI is InChI=1S/C18H24FN3O2/c1-10(2)16(23)11(3)13-8-6-7-9-14(13)20-18(24)15-12(4)21-22(5)17(15)19/h6-11,16,23H,1-5H3,(H,20,24). The molecule has 1 heterocycles. The molecule has 24 heavy (non-hydrogen) atoms. The Kier molecular flexibility index (Phi) is 5.39. The molecular weight excluding hydrogens is 309 g/mol. The van der Waals surface area contributed by atoms with E-state index < -0.39 is 18.0 Å². The van der Waals surface area contributed by atoms with Crippen LogP contribution in [0.25, 0.3) is 0 Å². The lowest BCUT2D eigenvalue weighted by Crippen LogP contribution is -2.24. The Morgan fingerprint density at radius 3 is 2.46 bits per heavy atom. The van der Waals surface area contributed by atoms with Crippen LogP contribution >= 0.6 is 0 Å². The quantitative estimate of drug-likeness (QED) is 0.883. The number of carbonyl (C=O) groups is 1. The van der Waals surface area contributed by atoms with Crippen molar-refractivity contribution in [2.24, 2.45) is 13.0 Å². The van der Waals surface area contributed by atoms with Gasteiger partial charge in [0, 0.05) is 18.7 Å². The number of aliphatic hydroxyl groups excluding tert-OH is 1. The molecule has 6 heteroatoms. The van der Waals surface area contributed by atoms with Crippen LogP contribution < -0.4 is 5.32 Å². The molecule has 1 aromatic heterocycles. The molecule has 0 spiro atoms. The summed E-state index contributed by atoms with van der Waals surface area (Å²) in [5.74, 6) is -1.29. The fraction of sp³-hybridized carbons (Fsp3) is 0.444. The van der Waals surface area contributed by atoms with Crippen LogP contribution in [0.4, 0.5) is 10.1 Å². The van der Waals surface area contributed by atoms with Gasteiger partial charge in [0.2, 0.25) is 5.95 Å². The summed E-state index contributed by atoms with van der Waals surface area (Å²) in [6.07, 6.45) is -0.542. The minimum absolute atomic E-state index is 0.0654. The number of nitrogens with one attached hydrogen (secondary N) is 1. The van der Waals surface area contributed by atoms with E-state index in [1.807, 2.05) is 32.9 Å². The van der Waals surface area contributed by atoms with E-state index in [4.69, 9.17) is 0 Å². The van der Waals surface area contributed by atoms with Crippen molar-refractivity contribution in [3.05, 3.63) is 47.0 Å². The van der Waals surface area contributed by atoms with E-state index in [0.29, 0.717) is 11.4 Å². The van der Waals surface area contributed by atoms with Crippen LogP contribution in [0.2, 0.25) is 0 Å². The van der Waals surface area contributed by atoms with Gasteiger partial charge < -0.3 is 10.4 Å². The van der Waals surface area contributed by atoms with E-state index in [-0.39, 0.29) is 17.4 Å². The molecular formula is C18H24FN3O2. The SMILES string of the molecule is Cc1nn(C)c(F)c1C(=O)Nc1ccccc1C(C)C(O)C(C)C. The average Bonchev–Trinajstić information content (AvgIpc) is 2.79. The average molecular weight is 333 g/mol. The highest BCUT2D eigenvalue weighted by Crippen LogP contribution is 2.30. The van der Waals surface area contributed by atoms with Crippen molar-refractivity contribution in [1.29, 1.82) is 0 Å². The maximum Gasteiger partial charge on any atom is 0.262 e. The minimum Gasteiger partial charge on any atom is -0.392 e. The molecule has 5 nitrogen and oxygen atoms in total. The molecule has 130 valence electrons. The highest BCUT2D eigenvalue weighted by Gasteiger charge is 2.24. The zero-order valence-corrected chi connectivity index (χ0v) is 14.7. The van der Waals surface area contributed by atoms with Gasteiger partial charge in [0.05, 0.1) is 11.8 Å². The Labute approximate surface area is 141 Å². The van der Waals surface area contributed by atoms with Gasteiger partial charge in [-0.25, -0.2) is 4.68 Å². The predicted molar refractivity (Wildman–Crippen MR) is 91.6 cm³/mol. The fourth-order valence-electron chi connectivity index (χ4n) is 2.84. The molecule has 0 radical (unpaired) electrons. The summed E-state index contributed by atoms with van der Waals surface area (Å²) >= 11 is 0. The molecule has 0 fully saturated rings. The Bertz CT molecular complexity index is 740. The summed E-state index contributed by atoms with van der Waals surface area (Å²) in [6, 6.07) is 7.25. The van der Waals surface area contributed by atoms with Crippen molar-refractivity contribution < 1.29 is 14.3 Å². The molecule has 0 aliphatic heterocycles. The smallest absolute Gasteiger partial charge is 0.262 e. The van der Waals surface area contributed by atoms with E-state index in [9.17, 15) is 14.3 Å². The summed E-state index contributed by atoms with van der Waals surface area (Å²) in [6.45, 7) is 7.38. The number of rotatable bonds is 5. The Balaban J connectivity index is 2.32. The van der Waals surface area contributed by atoms with Crippen LogP contribution in [0.3, 0.4) is 0 Å². The maximum absolute atomic E-state index is 14.1. The van der Waals surface area contributed by atoms with E-state index in [0.717, 1.165) is 10.2 Å². The van der Waals surface area contributed by atoms with Gasteiger partial charge >= 0.3 is 0 Å². The summed E-state index contributed by atoms with van der Waals surface area (Å²) in [5, 5.41) is 17.0. The Hall–Kier alpha value is -2.21. The molecule has 2 atom stereocenters. The second-order valence-corrected chi connectivity index (χ2v) is 6.44. The van der Waals surface area contributed by atoms with Gasteiger partial charge in [-0.05, 0) is 24.5 Å². The number of nitrogens with zero attached hydrogens (tertiary/aromatic N) is 2. The van der Waals surface area contributed by atoms with E-state index in [1.165, 1.54) is 7.05 Å². The van der Waals surface area contributed by atoms with Crippen LogP contribution in [0.5, 0.6) is 0 Å². The first-order chi connectivity index (χ1) is 11.2. The molecule has 2 unspecified atom stereocenters. The Morgan fingerprint density at radius 2 is 1.92 bits per heavy atom. The third-order valence-corrected chi connectivity index (χ3v) is 4.27. The zero-order valence-electron chi connectivity index (χ0n) is 14.7. The van der Waals surface area contributed by atoms with Gasteiger partial charge in [-0.3, -0.25) is 4.79 Å². The summed E-state index contributed by atoms with van der Waals surface area (Å²) in [7, 11) is 1.45. The van der Waals surface area contributed by atoms with Crippen molar-refractivity contribution in [1.82, 2.24) is 9.78 Å². The number of anilines is 1. The first kappa shape index (κ1) is 18.1. The lowest BCUT2D eigenvalue weighted by molar-refractivity contribution is 0.100. The number of amides is 1. The molecule has 1 amide bonds. The van der Waals surface area contributed by atoms with Crippen molar-refractivity contribution in [3.63, 3.8) is 0 Å². The second-order valence-electron chi connectivity index (χ2n) is 6.44. The van der Waals surface area contributed by atoms with Gasteiger partial charge in [0.25, 0.3) is 5.91 Å². The molecule has 2 rings (SSSR count). The van der Waals surface area contributed by atoms with E-state index >= 15 is 0 Å². The highest BCUT2D eigenvalue weighted by molar-refractivity contribution is 6.05. The summed E-state index contributed by atoms with van der Waals surface area (Å²) in [4.78, 5) is 12.5. The summed E-state index contributed by atoms with van der Waals surface area (Å²) in [5.41, 5.74) is 1.65. The minimum atomic E-state index is -0.669. The number of hydrogen-bond donors (Lipinski definition) is 2. The molecule has 1 aromatic carbocycles. The van der Waals surface area contributed by atoms with Crippen LogP contribution in [0.1, 0.15) is 48.3 Å². The van der Waals surface area contributed by atoms with Crippen molar-refractivity contribution >= 4 is 11.6 Å². The highest BCUT2D eigenvalue weighted by atomic mass is 19.1. The van der Waals surface area contributed by atoms with Gasteiger partial charge in [-0.2, -0.15) is 9.49 Å². The predicted octanol–water partition coefficient (Wildman–Crippen LogP) is 3.24. The maximum atomic E-state index is 14.1. The normalized spacial score (nSPS) is 13.8. The first-order valence-electron chi connectivity index (χ1n) is 8.01. The Morgan fingerprint density at radius 1 is 1.29 bits per heavy atom.